The molecule has 0 saturated carbocycles. The Morgan fingerprint density at radius 3 is 1.98 bits per heavy atom. The SMILES string of the molecule is CC(C)CN(C([C@H](OCOCC[Si](C)(C)C)[C@H](Cc1ccccc1)NC(=O)O)C(C)(C)C)S(=O)(=O)c1ccc(OCOCC[Si](C)(C)C)c(N)c1. The van der Waals surface area contributed by atoms with E-state index in [1.807, 2.05) is 65.0 Å². The molecule has 0 spiro atoms. The van der Waals surface area contributed by atoms with Gasteiger partial charge in [0.15, 0.2) is 6.79 Å². The number of carbonyl (C=O) groups is 1. The van der Waals surface area contributed by atoms with Gasteiger partial charge in [-0.3, -0.25) is 0 Å². The second-order valence-electron chi connectivity index (χ2n) is 17.2. The number of amides is 1. The Morgan fingerprint density at radius 2 is 1.49 bits per heavy atom. The smallest absolute Gasteiger partial charge is 0.404 e. The van der Waals surface area contributed by atoms with Gasteiger partial charge in [0.25, 0.3) is 0 Å². The van der Waals surface area contributed by atoms with Crippen molar-refractivity contribution in [3.05, 3.63) is 54.1 Å². The maximum Gasteiger partial charge on any atom is 0.404 e. The summed E-state index contributed by atoms with van der Waals surface area (Å²) in [6, 6.07) is 14.2. The van der Waals surface area contributed by atoms with Crippen molar-refractivity contribution in [3.8, 4) is 5.75 Å². The Kier molecular flexibility index (Phi) is 17.1. The van der Waals surface area contributed by atoms with E-state index < -0.39 is 55.9 Å². The molecule has 4 N–H and O–H groups in total. The van der Waals surface area contributed by atoms with Gasteiger partial charge in [-0.25, -0.2) is 13.2 Å². The first-order valence-electron chi connectivity index (χ1n) is 17.9. The summed E-state index contributed by atoms with van der Waals surface area (Å²) in [7, 11) is -6.86. The first-order chi connectivity index (χ1) is 23.5. The van der Waals surface area contributed by atoms with Crippen LogP contribution in [0.25, 0.3) is 0 Å². The van der Waals surface area contributed by atoms with Crippen molar-refractivity contribution in [2.45, 2.75) is 115 Å². The number of sulfonamides is 1. The van der Waals surface area contributed by atoms with Gasteiger partial charge < -0.3 is 35.1 Å². The second-order valence-corrected chi connectivity index (χ2v) is 30.3. The number of nitrogens with two attached hydrogens (primary N) is 1. The lowest BCUT2D eigenvalue weighted by Crippen LogP contribution is -2.62. The molecule has 14 heteroatoms. The van der Waals surface area contributed by atoms with E-state index >= 15 is 0 Å². The molecule has 11 nitrogen and oxygen atoms in total. The number of hydrogen-bond donors (Lipinski definition) is 3. The minimum atomic E-state index is -4.22. The van der Waals surface area contributed by atoms with Gasteiger partial charge in [-0.2, -0.15) is 4.31 Å². The van der Waals surface area contributed by atoms with Crippen LogP contribution in [0.1, 0.15) is 40.2 Å². The fourth-order valence-electron chi connectivity index (χ4n) is 5.57. The zero-order valence-electron chi connectivity index (χ0n) is 32.8. The molecule has 0 saturated heterocycles. The van der Waals surface area contributed by atoms with Crippen molar-refractivity contribution in [1.29, 1.82) is 0 Å². The molecule has 2 rings (SSSR count). The number of ether oxygens (including phenoxy) is 4. The van der Waals surface area contributed by atoms with Gasteiger partial charge in [0, 0.05) is 35.9 Å². The van der Waals surface area contributed by atoms with E-state index in [1.54, 1.807) is 6.07 Å². The van der Waals surface area contributed by atoms with Crippen molar-refractivity contribution in [2.24, 2.45) is 11.3 Å². The summed E-state index contributed by atoms with van der Waals surface area (Å²) in [5, 5.41) is 12.7. The predicted molar refractivity (Wildman–Crippen MR) is 211 cm³/mol. The summed E-state index contributed by atoms with van der Waals surface area (Å²) < 4.78 is 54.9. The number of nitrogens with zero attached hydrogens (tertiary/aromatic N) is 1. The third kappa shape index (κ3) is 16.0. The Bertz CT molecular complexity index is 1460. The molecule has 0 fully saturated rings. The third-order valence-corrected chi connectivity index (χ3v) is 13.5. The normalized spacial score (nSPS) is 14.8. The van der Waals surface area contributed by atoms with E-state index in [0.29, 0.717) is 19.0 Å². The Labute approximate surface area is 309 Å². The molecule has 1 unspecified atom stereocenters. The fourth-order valence-corrected chi connectivity index (χ4v) is 9.10. The second kappa shape index (κ2) is 19.6. The number of nitrogens with one attached hydrogen (secondary N) is 1. The van der Waals surface area contributed by atoms with Crippen LogP contribution in [0.2, 0.25) is 51.4 Å². The van der Waals surface area contributed by atoms with E-state index in [1.165, 1.54) is 16.4 Å². The van der Waals surface area contributed by atoms with Crippen molar-refractivity contribution in [1.82, 2.24) is 9.62 Å². The lowest BCUT2D eigenvalue weighted by Gasteiger charge is -2.46. The largest absolute Gasteiger partial charge is 0.465 e. The quantitative estimate of drug-likeness (QED) is 0.0477. The van der Waals surface area contributed by atoms with Gasteiger partial charge in [-0.05, 0) is 53.6 Å². The summed E-state index contributed by atoms with van der Waals surface area (Å²) in [4.78, 5) is 12.3. The molecule has 0 aliphatic rings. The van der Waals surface area contributed by atoms with Gasteiger partial charge in [0.1, 0.15) is 12.5 Å². The van der Waals surface area contributed by atoms with Gasteiger partial charge in [-0.15, -0.1) is 0 Å². The van der Waals surface area contributed by atoms with Gasteiger partial charge >= 0.3 is 6.09 Å². The standard InChI is InChI=1S/C37H65N3O8SSi2/c1-28(2)25-40(49(43,44)30-17-18-33(31(38)24-30)47-26-45-19-21-50(6,7)8)35(37(3,4)5)34(48-27-46-20-22-51(9,10)11)32(39-36(41)42)23-29-15-13-12-14-16-29/h12-18,24,28,32,34-35,39H,19-23,25-27,38H2,1-11H3,(H,41,42)/t32-,34+,35?/m0/s1. The Hall–Kier alpha value is -2.47. The van der Waals surface area contributed by atoms with Crippen LogP contribution >= 0.6 is 0 Å². The molecule has 2 aromatic rings. The van der Waals surface area contributed by atoms with Crippen LogP contribution in [0, 0.1) is 11.3 Å². The molecule has 0 bridgehead atoms. The highest BCUT2D eigenvalue weighted by Crippen LogP contribution is 2.36. The number of carboxylic acid groups (broad SMARTS) is 1. The zero-order valence-corrected chi connectivity index (χ0v) is 35.6. The summed E-state index contributed by atoms with van der Waals surface area (Å²) in [6.45, 7) is 24.4. The van der Waals surface area contributed by atoms with Crippen molar-refractivity contribution >= 4 is 38.0 Å². The van der Waals surface area contributed by atoms with Crippen molar-refractivity contribution in [3.63, 3.8) is 0 Å². The van der Waals surface area contributed by atoms with Crippen molar-refractivity contribution < 1.29 is 37.3 Å². The monoisotopic (exact) mass is 767 g/mol. The lowest BCUT2D eigenvalue weighted by molar-refractivity contribution is -0.128. The van der Waals surface area contributed by atoms with Crippen LogP contribution in [0.5, 0.6) is 5.75 Å². The minimum absolute atomic E-state index is 0.00200. The topological polar surface area (TPSA) is 150 Å². The lowest BCUT2D eigenvalue weighted by atomic mass is 9.79. The first kappa shape index (κ1) is 44.7. The molecular weight excluding hydrogens is 703 g/mol. The molecule has 0 heterocycles. The molecule has 0 aliphatic carbocycles. The maximum atomic E-state index is 14.8. The van der Waals surface area contributed by atoms with E-state index in [2.05, 4.69) is 44.6 Å². The number of benzene rings is 2. The van der Waals surface area contributed by atoms with Gasteiger partial charge in [0.2, 0.25) is 10.0 Å². The number of anilines is 1. The van der Waals surface area contributed by atoms with Crippen LogP contribution in [0.15, 0.2) is 53.4 Å². The molecule has 0 aliphatic heterocycles. The third-order valence-electron chi connectivity index (χ3n) is 8.28. The van der Waals surface area contributed by atoms with Crippen molar-refractivity contribution in [2.75, 3.05) is 39.1 Å². The Morgan fingerprint density at radius 1 is 0.922 bits per heavy atom. The van der Waals surface area contributed by atoms with Crippen LogP contribution in [-0.4, -0.2) is 91.6 Å². The summed E-state index contributed by atoms with van der Waals surface area (Å²) in [5.41, 5.74) is 6.69. The maximum absolute atomic E-state index is 14.8. The van der Waals surface area contributed by atoms with Gasteiger partial charge in [-0.1, -0.05) is 104 Å². The number of hydrogen-bond acceptors (Lipinski definition) is 8. The van der Waals surface area contributed by atoms with Crippen LogP contribution < -0.4 is 15.8 Å². The van der Waals surface area contributed by atoms with E-state index in [0.717, 1.165) is 17.7 Å². The van der Waals surface area contributed by atoms with Crippen LogP contribution in [-0.2, 0) is 30.7 Å². The minimum Gasteiger partial charge on any atom is -0.465 e. The highest BCUT2D eigenvalue weighted by molar-refractivity contribution is 7.89. The zero-order chi connectivity index (χ0) is 38.6. The average Bonchev–Trinajstić information content (AvgIpc) is 2.98. The molecule has 1 amide bonds. The summed E-state index contributed by atoms with van der Waals surface area (Å²) in [5.74, 6) is 0.251. The molecule has 3 atom stereocenters. The first-order valence-corrected chi connectivity index (χ1v) is 26.7. The van der Waals surface area contributed by atoms with E-state index in [9.17, 15) is 18.3 Å². The van der Waals surface area contributed by atoms with E-state index in [-0.39, 0.29) is 43.1 Å². The molecule has 51 heavy (non-hydrogen) atoms. The molecule has 2 aromatic carbocycles. The predicted octanol–water partition coefficient (Wildman–Crippen LogP) is 7.60. The Balaban J connectivity index is 2.59. The van der Waals surface area contributed by atoms with Crippen LogP contribution in [0.3, 0.4) is 0 Å². The molecule has 0 aromatic heterocycles. The fraction of sp³-hybridized carbons (Fsp3) is 0.649. The van der Waals surface area contributed by atoms with E-state index in [4.69, 9.17) is 24.7 Å². The molecule has 0 radical (unpaired) electrons. The number of rotatable bonds is 22. The highest BCUT2D eigenvalue weighted by Gasteiger charge is 2.47. The average molecular weight is 768 g/mol. The summed E-state index contributed by atoms with van der Waals surface area (Å²) in [6.07, 6.45) is -1.90. The highest BCUT2D eigenvalue weighted by atomic mass is 32.2. The summed E-state index contributed by atoms with van der Waals surface area (Å²) >= 11 is 0. The molecule has 290 valence electrons. The number of nitrogen functional groups attached to an aromatic ring is 1. The van der Waals surface area contributed by atoms with Gasteiger partial charge in [0.05, 0.1) is 28.8 Å². The van der Waals surface area contributed by atoms with Crippen LogP contribution in [0.4, 0.5) is 10.5 Å². The molecular formula is C37H65N3O8SSi2.